The average molecular weight is 582 g/mol. The number of nitrogens with one attached hydrogen (secondary N) is 1. The van der Waals surface area contributed by atoms with Gasteiger partial charge in [0.05, 0.1) is 18.6 Å². The van der Waals surface area contributed by atoms with E-state index in [1.807, 2.05) is 36.4 Å². The van der Waals surface area contributed by atoms with Crippen LogP contribution in [-0.2, 0) is 32.6 Å². The number of amides is 2. The lowest BCUT2D eigenvalue weighted by atomic mass is 10.0. The van der Waals surface area contributed by atoms with E-state index in [0.29, 0.717) is 30.5 Å². The molecule has 4 rings (SSSR count). The molecule has 1 atom stereocenters. The van der Waals surface area contributed by atoms with Crippen LogP contribution in [0.15, 0.2) is 72.8 Å². The highest BCUT2D eigenvalue weighted by Crippen LogP contribution is 2.35. The van der Waals surface area contributed by atoms with Gasteiger partial charge < -0.3 is 24.4 Å². The number of hydrogen-bond acceptors (Lipinski definition) is 7. The average Bonchev–Trinajstić information content (AvgIpc) is 3.01. The molecule has 0 saturated carbocycles. The Kier molecular flexibility index (Phi) is 9.72. The van der Waals surface area contributed by atoms with Crippen LogP contribution in [0.25, 0.3) is 0 Å². The second kappa shape index (κ2) is 13.4. The fourth-order valence-electron chi connectivity index (χ4n) is 4.60. The molecular weight excluding hydrogens is 546 g/mol. The van der Waals surface area contributed by atoms with Crippen molar-refractivity contribution in [3.63, 3.8) is 0 Å². The van der Waals surface area contributed by atoms with Crippen LogP contribution in [0.4, 0.5) is 5.69 Å². The molecule has 0 bridgehead atoms. The monoisotopic (exact) mass is 581 g/mol. The zero-order valence-electron chi connectivity index (χ0n) is 23.4. The Balaban J connectivity index is 1.73. The number of sulfonamides is 1. The summed E-state index contributed by atoms with van der Waals surface area (Å²) >= 11 is 0. The minimum atomic E-state index is -3.89. The third kappa shape index (κ3) is 7.29. The van der Waals surface area contributed by atoms with Gasteiger partial charge in [-0.3, -0.25) is 13.9 Å². The molecule has 0 radical (unpaired) electrons. The van der Waals surface area contributed by atoms with Crippen LogP contribution >= 0.6 is 0 Å². The third-order valence-electron chi connectivity index (χ3n) is 6.80. The number of hydrogen-bond donors (Lipinski definition) is 1. The number of benzene rings is 3. The van der Waals surface area contributed by atoms with E-state index in [-0.39, 0.29) is 30.3 Å². The van der Waals surface area contributed by atoms with Crippen molar-refractivity contribution in [1.29, 1.82) is 0 Å². The molecule has 11 heteroatoms. The fourth-order valence-corrected chi connectivity index (χ4v) is 5.65. The Morgan fingerprint density at radius 2 is 1.66 bits per heavy atom. The molecule has 2 amide bonds. The maximum atomic E-state index is 14.1. The summed E-state index contributed by atoms with van der Waals surface area (Å²) in [6.45, 7) is 1.78. The first-order chi connectivity index (χ1) is 19.7. The summed E-state index contributed by atoms with van der Waals surface area (Å²) in [4.78, 5) is 28.8. The number of ether oxygens (including phenoxy) is 3. The van der Waals surface area contributed by atoms with Crippen molar-refractivity contribution in [2.24, 2.45) is 0 Å². The number of anilines is 1. The first kappa shape index (κ1) is 29.7. The van der Waals surface area contributed by atoms with Crippen LogP contribution in [0.2, 0.25) is 0 Å². The zero-order chi connectivity index (χ0) is 29.4. The molecule has 1 heterocycles. The van der Waals surface area contributed by atoms with Gasteiger partial charge in [0.1, 0.15) is 31.5 Å². The first-order valence-electron chi connectivity index (χ1n) is 13.3. The normalized spacial score (nSPS) is 13.1. The molecule has 0 aliphatic carbocycles. The highest BCUT2D eigenvalue weighted by molar-refractivity contribution is 7.92. The molecule has 0 fully saturated rings. The lowest BCUT2D eigenvalue weighted by molar-refractivity contribution is -0.139. The van der Waals surface area contributed by atoms with Gasteiger partial charge in [0.2, 0.25) is 21.8 Å². The van der Waals surface area contributed by atoms with Crippen molar-refractivity contribution in [2.45, 2.75) is 25.9 Å². The predicted molar refractivity (Wildman–Crippen MR) is 156 cm³/mol. The van der Waals surface area contributed by atoms with E-state index in [2.05, 4.69) is 5.32 Å². The molecule has 1 unspecified atom stereocenters. The van der Waals surface area contributed by atoms with Gasteiger partial charge in [-0.25, -0.2) is 8.42 Å². The Morgan fingerprint density at radius 1 is 0.951 bits per heavy atom. The van der Waals surface area contributed by atoms with E-state index in [4.69, 9.17) is 14.2 Å². The summed E-state index contributed by atoms with van der Waals surface area (Å²) in [6.07, 6.45) is 0.237. The van der Waals surface area contributed by atoms with E-state index in [1.54, 1.807) is 43.5 Å². The van der Waals surface area contributed by atoms with Crippen LogP contribution in [0, 0.1) is 0 Å². The van der Waals surface area contributed by atoms with Crippen LogP contribution in [0.5, 0.6) is 17.2 Å². The zero-order valence-corrected chi connectivity index (χ0v) is 24.2. The van der Waals surface area contributed by atoms with E-state index in [9.17, 15) is 18.0 Å². The van der Waals surface area contributed by atoms with Crippen LogP contribution in [0.1, 0.15) is 18.1 Å². The molecule has 0 aromatic heterocycles. The van der Waals surface area contributed by atoms with Gasteiger partial charge in [-0.2, -0.15) is 0 Å². The molecule has 0 spiro atoms. The maximum absolute atomic E-state index is 14.1. The Labute approximate surface area is 240 Å². The summed E-state index contributed by atoms with van der Waals surface area (Å²) in [5, 5.41) is 2.67. The second-order valence-corrected chi connectivity index (χ2v) is 11.6. The Hall–Kier alpha value is -4.25. The summed E-state index contributed by atoms with van der Waals surface area (Å²) in [5.41, 5.74) is 1.85. The molecule has 218 valence electrons. The Morgan fingerprint density at radius 3 is 2.34 bits per heavy atom. The number of rotatable bonds is 12. The van der Waals surface area contributed by atoms with Gasteiger partial charge in [0, 0.05) is 26.1 Å². The van der Waals surface area contributed by atoms with Crippen molar-refractivity contribution in [1.82, 2.24) is 10.2 Å². The van der Waals surface area contributed by atoms with Crippen molar-refractivity contribution in [3.8, 4) is 17.2 Å². The van der Waals surface area contributed by atoms with Gasteiger partial charge in [-0.05, 0) is 42.3 Å². The van der Waals surface area contributed by atoms with Crippen molar-refractivity contribution < 1.29 is 32.2 Å². The number of nitrogens with zero attached hydrogens (tertiary/aromatic N) is 2. The third-order valence-corrected chi connectivity index (χ3v) is 8.54. The SMILES string of the molecule is CCS(=O)(=O)N(CC(=O)N(Cc1cccc(OC)c1)C(Cc1ccccc1)C(=O)NC)c1ccc2c(c1)OCCO2. The van der Waals surface area contributed by atoms with Crippen LogP contribution in [-0.4, -0.2) is 70.8 Å². The van der Waals surface area contributed by atoms with E-state index >= 15 is 0 Å². The minimum Gasteiger partial charge on any atom is -0.497 e. The lowest BCUT2D eigenvalue weighted by Gasteiger charge is -2.33. The van der Waals surface area contributed by atoms with Crippen molar-refractivity contribution >= 4 is 27.5 Å². The Bertz CT molecular complexity index is 1460. The quantitative estimate of drug-likeness (QED) is 0.350. The van der Waals surface area contributed by atoms with Crippen molar-refractivity contribution in [3.05, 3.63) is 83.9 Å². The summed E-state index contributed by atoms with van der Waals surface area (Å²) in [5.74, 6) is 0.368. The summed E-state index contributed by atoms with van der Waals surface area (Å²) in [7, 11) is -0.835. The molecule has 3 aromatic rings. The van der Waals surface area contributed by atoms with Gasteiger partial charge in [0.15, 0.2) is 11.5 Å². The van der Waals surface area contributed by atoms with E-state index in [0.717, 1.165) is 15.4 Å². The van der Waals surface area contributed by atoms with Gasteiger partial charge >= 0.3 is 0 Å². The van der Waals surface area contributed by atoms with Gasteiger partial charge in [-0.1, -0.05) is 42.5 Å². The minimum absolute atomic E-state index is 0.0576. The molecule has 1 N–H and O–H groups in total. The molecule has 0 saturated heterocycles. The molecule has 10 nitrogen and oxygen atoms in total. The molecule has 41 heavy (non-hydrogen) atoms. The van der Waals surface area contributed by atoms with Crippen LogP contribution in [0.3, 0.4) is 0 Å². The van der Waals surface area contributed by atoms with Gasteiger partial charge in [0.25, 0.3) is 0 Å². The largest absolute Gasteiger partial charge is 0.497 e. The topological polar surface area (TPSA) is 114 Å². The number of carbonyl (C=O) groups excluding carboxylic acids is 2. The highest BCUT2D eigenvalue weighted by Gasteiger charge is 2.33. The summed E-state index contributed by atoms with van der Waals surface area (Å²) < 4.78 is 44.3. The maximum Gasteiger partial charge on any atom is 0.244 e. The highest BCUT2D eigenvalue weighted by atomic mass is 32.2. The lowest BCUT2D eigenvalue weighted by Crippen LogP contribution is -2.53. The van der Waals surface area contributed by atoms with Crippen molar-refractivity contribution in [2.75, 3.05) is 44.0 Å². The molecule has 1 aliphatic heterocycles. The fraction of sp³-hybridized carbons (Fsp3) is 0.333. The molecule has 1 aliphatic rings. The smallest absolute Gasteiger partial charge is 0.244 e. The number of methoxy groups -OCH3 is 1. The number of carbonyl (C=O) groups is 2. The van der Waals surface area contributed by atoms with Crippen LogP contribution < -0.4 is 23.8 Å². The van der Waals surface area contributed by atoms with Gasteiger partial charge in [-0.15, -0.1) is 0 Å². The molecule has 3 aromatic carbocycles. The second-order valence-electron chi connectivity index (χ2n) is 9.43. The molecular formula is C30H35N3O7S. The van der Waals surface area contributed by atoms with E-state index < -0.39 is 28.5 Å². The van der Waals surface area contributed by atoms with E-state index in [1.165, 1.54) is 18.9 Å². The summed E-state index contributed by atoms with van der Waals surface area (Å²) in [6, 6.07) is 20.4. The predicted octanol–water partition coefficient (Wildman–Crippen LogP) is 3.01. The first-order valence-corrected chi connectivity index (χ1v) is 14.9. The standard InChI is InChI=1S/C30H35N3O7S/c1-4-41(36,37)33(24-13-14-27-28(19-24)40-16-15-39-27)21-29(34)32(20-23-11-8-12-25(17-23)38-3)26(30(35)31-2)18-22-9-6-5-7-10-22/h5-14,17,19,26H,4,15-16,18,20-21H2,1-3H3,(H,31,35). The number of fused-ring (bicyclic) bond motifs is 1. The number of likely N-dealkylation sites (N-methyl/N-ethyl adjacent to an activating group) is 1.